The molecule has 178 valence electrons. The molecule has 0 aliphatic heterocycles. The lowest BCUT2D eigenvalue weighted by atomic mass is 10.3. The molecule has 1 heterocycles. The number of aliphatic carboxylic acids is 2. The van der Waals surface area contributed by atoms with E-state index in [0.717, 1.165) is 6.42 Å². The van der Waals surface area contributed by atoms with Crippen molar-refractivity contribution < 1.29 is 34.4 Å². The molecule has 0 fully saturated rings. The Morgan fingerprint density at radius 3 is 2.41 bits per heavy atom. The van der Waals surface area contributed by atoms with E-state index < -0.39 is 18.0 Å². The molecule has 0 aromatic carbocycles. The summed E-state index contributed by atoms with van der Waals surface area (Å²) in [7, 11) is 1.75. The molecule has 0 saturated carbocycles. The summed E-state index contributed by atoms with van der Waals surface area (Å²) in [5.41, 5.74) is 0. The van der Waals surface area contributed by atoms with Crippen LogP contribution in [-0.2, 0) is 9.59 Å². The summed E-state index contributed by atoms with van der Waals surface area (Å²) in [6.45, 7) is 7.20. The van der Waals surface area contributed by atoms with Gasteiger partial charge in [-0.3, -0.25) is 4.79 Å². The van der Waals surface area contributed by atoms with Crippen LogP contribution in [0.3, 0.4) is 0 Å². The van der Waals surface area contributed by atoms with Crippen LogP contribution in [0.15, 0.2) is 18.3 Å². The summed E-state index contributed by atoms with van der Waals surface area (Å²) < 4.78 is 5.45. The molecule has 0 aliphatic rings. The van der Waals surface area contributed by atoms with E-state index in [1.54, 1.807) is 11.9 Å². The molecule has 4 N–H and O–H groups in total. The summed E-state index contributed by atoms with van der Waals surface area (Å²) in [6.07, 6.45) is 3.49. The van der Waals surface area contributed by atoms with Crippen LogP contribution in [0.2, 0.25) is 0 Å². The second-order valence-corrected chi connectivity index (χ2v) is 7.71. The fourth-order valence-electron chi connectivity index (χ4n) is 1.89. The molecule has 1 unspecified atom stereocenters. The lowest BCUT2D eigenvalue weighted by Gasteiger charge is -2.14. The summed E-state index contributed by atoms with van der Waals surface area (Å²) in [5.74, 6) is 3.39. The van der Waals surface area contributed by atoms with Gasteiger partial charge in [0.05, 0.1) is 6.20 Å². The Labute approximate surface area is 191 Å². The number of carboxylic acid groups (broad SMARTS) is 2. The van der Waals surface area contributed by atoms with Gasteiger partial charge in [-0.15, -0.1) is 11.8 Å². The first kappa shape index (κ1) is 29.1. The second kappa shape index (κ2) is 16.7. The van der Waals surface area contributed by atoms with E-state index in [2.05, 4.69) is 22.1 Å². The molecule has 1 aromatic rings. The van der Waals surface area contributed by atoms with Crippen molar-refractivity contribution in [2.24, 2.45) is 0 Å². The van der Waals surface area contributed by atoms with Gasteiger partial charge < -0.3 is 30.3 Å². The Kier molecular flexibility index (Phi) is 15.2. The van der Waals surface area contributed by atoms with Crippen LogP contribution < -0.4 is 10.1 Å². The molecule has 1 rings (SSSR count). The van der Waals surface area contributed by atoms with Crippen molar-refractivity contribution in [3.63, 3.8) is 0 Å². The molecule has 1 amide bonds. The molecule has 0 spiro atoms. The first-order chi connectivity index (χ1) is 15.1. The monoisotopic (exact) mass is 469 g/mol. The summed E-state index contributed by atoms with van der Waals surface area (Å²) >= 11 is 1.19. The third-order valence-corrected chi connectivity index (χ3v) is 4.34. The molecule has 0 saturated heterocycles. The van der Waals surface area contributed by atoms with Crippen molar-refractivity contribution in [1.29, 1.82) is 0 Å². The van der Waals surface area contributed by atoms with Crippen LogP contribution in [0, 0.1) is 11.8 Å². The number of aliphatic hydroxyl groups is 1. The SMILES string of the molecule is CCC#CCCN(C)C(=O)c1cnc(OCC(O)CNC(C)C)s1.O=C(O)C=CC(=O)O. The van der Waals surface area contributed by atoms with Crippen LogP contribution >= 0.6 is 11.3 Å². The van der Waals surface area contributed by atoms with Gasteiger partial charge in [-0.05, 0) is 0 Å². The molecule has 0 radical (unpaired) electrons. The molecule has 11 heteroatoms. The Bertz CT molecular complexity index is 796. The van der Waals surface area contributed by atoms with Crippen molar-refractivity contribution >= 4 is 29.2 Å². The van der Waals surface area contributed by atoms with E-state index in [4.69, 9.17) is 14.9 Å². The largest absolute Gasteiger partial charge is 0.478 e. The van der Waals surface area contributed by atoms with Gasteiger partial charge in [0, 0.05) is 51.2 Å². The van der Waals surface area contributed by atoms with Crippen molar-refractivity contribution in [3.8, 4) is 17.0 Å². The molecule has 0 aliphatic carbocycles. The Morgan fingerprint density at radius 2 is 1.88 bits per heavy atom. The number of nitrogens with zero attached hydrogens (tertiary/aromatic N) is 2. The number of hydrogen-bond acceptors (Lipinski definition) is 8. The molecule has 1 aromatic heterocycles. The molecular weight excluding hydrogens is 438 g/mol. The lowest BCUT2D eigenvalue weighted by molar-refractivity contribution is -0.134. The summed E-state index contributed by atoms with van der Waals surface area (Å²) in [4.78, 5) is 37.6. The highest BCUT2D eigenvalue weighted by atomic mass is 32.1. The van der Waals surface area contributed by atoms with Crippen molar-refractivity contribution in [3.05, 3.63) is 23.2 Å². The van der Waals surface area contributed by atoms with Crippen LogP contribution in [0.1, 0.15) is 43.3 Å². The molecule has 32 heavy (non-hydrogen) atoms. The van der Waals surface area contributed by atoms with Crippen LogP contribution in [0.25, 0.3) is 0 Å². The maximum absolute atomic E-state index is 12.3. The zero-order valence-electron chi connectivity index (χ0n) is 18.7. The number of hydrogen-bond donors (Lipinski definition) is 4. The van der Waals surface area contributed by atoms with Crippen molar-refractivity contribution in [2.75, 3.05) is 26.7 Å². The first-order valence-corrected chi connectivity index (χ1v) is 10.7. The Hall–Kier alpha value is -2.94. The van der Waals surface area contributed by atoms with E-state index in [-0.39, 0.29) is 12.5 Å². The average Bonchev–Trinajstić information content (AvgIpc) is 3.21. The van der Waals surface area contributed by atoms with Gasteiger partial charge in [0.2, 0.25) is 0 Å². The number of carbonyl (C=O) groups is 3. The predicted octanol–water partition coefficient (Wildman–Crippen LogP) is 1.47. The minimum Gasteiger partial charge on any atom is -0.478 e. The van der Waals surface area contributed by atoms with Gasteiger partial charge in [-0.2, -0.15) is 0 Å². The maximum Gasteiger partial charge on any atom is 0.328 e. The minimum atomic E-state index is -1.26. The highest BCUT2D eigenvalue weighted by Gasteiger charge is 2.16. The minimum absolute atomic E-state index is 0.0947. The summed E-state index contributed by atoms with van der Waals surface area (Å²) in [5, 5.41) is 28.9. The predicted molar refractivity (Wildman–Crippen MR) is 121 cm³/mol. The Morgan fingerprint density at radius 1 is 1.25 bits per heavy atom. The lowest BCUT2D eigenvalue weighted by Crippen LogP contribution is -2.35. The normalized spacial score (nSPS) is 11.2. The molecule has 0 bridgehead atoms. The van der Waals surface area contributed by atoms with Gasteiger partial charge in [0.1, 0.15) is 17.6 Å². The number of aliphatic hydroxyl groups excluding tert-OH is 1. The number of thiazole rings is 1. The van der Waals surface area contributed by atoms with Gasteiger partial charge in [0.25, 0.3) is 11.1 Å². The topological polar surface area (TPSA) is 149 Å². The van der Waals surface area contributed by atoms with E-state index in [1.165, 1.54) is 17.5 Å². The highest BCUT2D eigenvalue weighted by molar-refractivity contribution is 7.15. The van der Waals surface area contributed by atoms with E-state index in [9.17, 15) is 19.5 Å². The average molecular weight is 470 g/mol. The highest BCUT2D eigenvalue weighted by Crippen LogP contribution is 2.21. The standard InChI is InChI=1S/C17H27N3O3S.C4H4O4/c1-5-6-7-8-9-20(4)16(22)15-11-19-17(24-15)23-12-14(21)10-18-13(2)3;5-3(6)1-2-4(7)8/h11,13-14,18,21H,5,8-10,12H2,1-4H3;1-2H,(H,5,6)(H,7,8). The van der Waals surface area contributed by atoms with Crippen molar-refractivity contribution in [2.45, 2.75) is 45.8 Å². The zero-order chi connectivity index (χ0) is 24.5. The quantitative estimate of drug-likeness (QED) is 0.279. The van der Waals surface area contributed by atoms with Gasteiger partial charge >= 0.3 is 11.9 Å². The molecule has 10 nitrogen and oxygen atoms in total. The third-order valence-electron chi connectivity index (χ3n) is 3.45. The fraction of sp³-hybridized carbons (Fsp3) is 0.524. The second-order valence-electron chi connectivity index (χ2n) is 6.71. The van der Waals surface area contributed by atoms with E-state index in [0.29, 0.717) is 47.8 Å². The van der Waals surface area contributed by atoms with Crippen LogP contribution in [0.5, 0.6) is 5.19 Å². The van der Waals surface area contributed by atoms with Crippen LogP contribution in [-0.4, -0.2) is 81.9 Å². The number of carboxylic acids is 2. The molecule has 1 atom stereocenters. The van der Waals surface area contributed by atoms with Gasteiger partial charge in [-0.25, -0.2) is 14.6 Å². The number of carbonyl (C=O) groups excluding carboxylic acids is 1. The summed E-state index contributed by atoms with van der Waals surface area (Å²) in [6, 6.07) is 0.307. The Balaban J connectivity index is 0.00000102. The van der Waals surface area contributed by atoms with E-state index in [1.807, 2.05) is 20.8 Å². The third kappa shape index (κ3) is 15.0. The fourth-order valence-corrected chi connectivity index (χ4v) is 2.66. The number of aromatic nitrogens is 1. The maximum atomic E-state index is 12.3. The zero-order valence-corrected chi connectivity index (χ0v) is 19.5. The van der Waals surface area contributed by atoms with Gasteiger partial charge in [-0.1, -0.05) is 32.1 Å². The number of amides is 1. The number of nitrogens with one attached hydrogen (secondary N) is 1. The van der Waals surface area contributed by atoms with E-state index >= 15 is 0 Å². The number of rotatable bonds is 11. The van der Waals surface area contributed by atoms with Gasteiger partial charge in [0.15, 0.2) is 0 Å². The van der Waals surface area contributed by atoms with Crippen LogP contribution in [0.4, 0.5) is 0 Å². The van der Waals surface area contributed by atoms with Crippen molar-refractivity contribution in [1.82, 2.24) is 15.2 Å². The molecular formula is C21H31N3O7S. The smallest absolute Gasteiger partial charge is 0.328 e. The number of ether oxygens (including phenoxy) is 1. The first-order valence-electron chi connectivity index (χ1n) is 9.91.